The lowest BCUT2D eigenvalue weighted by atomic mass is 10.1. The third kappa shape index (κ3) is 5.13. The van der Waals surface area contributed by atoms with Crippen molar-refractivity contribution in [3.63, 3.8) is 0 Å². The number of aromatic nitrogens is 4. The summed E-state index contributed by atoms with van der Waals surface area (Å²) in [5.74, 6) is 0.784. The van der Waals surface area contributed by atoms with E-state index in [0.29, 0.717) is 6.42 Å². The van der Waals surface area contributed by atoms with Crippen molar-refractivity contribution in [1.82, 2.24) is 25.1 Å². The Morgan fingerprint density at radius 3 is 2.47 bits per heavy atom. The summed E-state index contributed by atoms with van der Waals surface area (Å²) in [5, 5.41) is 6.90. The molecule has 1 aromatic carbocycles. The molecular weight excluding hydrogens is 431 g/mol. The fourth-order valence-corrected chi connectivity index (χ4v) is 4.93. The van der Waals surface area contributed by atoms with Gasteiger partial charge in [-0.25, -0.2) is 17.8 Å². The molecule has 1 N–H and O–H groups in total. The quantitative estimate of drug-likeness (QED) is 0.555. The molecule has 1 unspecified atom stereocenters. The van der Waals surface area contributed by atoms with E-state index in [2.05, 4.69) is 30.0 Å². The van der Waals surface area contributed by atoms with Crippen LogP contribution in [0, 0.1) is 5.82 Å². The second-order valence-corrected chi connectivity index (χ2v) is 10.3. The Morgan fingerprint density at radius 1 is 1.09 bits per heavy atom. The molecule has 1 atom stereocenters. The highest BCUT2D eigenvalue weighted by Crippen LogP contribution is 2.30. The van der Waals surface area contributed by atoms with E-state index in [-0.39, 0.29) is 23.4 Å². The van der Waals surface area contributed by atoms with E-state index in [1.54, 1.807) is 37.6 Å². The molecule has 0 saturated carbocycles. The van der Waals surface area contributed by atoms with Gasteiger partial charge in [0.25, 0.3) is 0 Å². The van der Waals surface area contributed by atoms with E-state index in [1.807, 2.05) is 6.20 Å². The molecule has 0 amide bonds. The number of hydrogen-bond acceptors (Lipinski definition) is 7. The van der Waals surface area contributed by atoms with Crippen LogP contribution in [0.3, 0.4) is 0 Å². The summed E-state index contributed by atoms with van der Waals surface area (Å²) in [6, 6.07) is 6.25. The van der Waals surface area contributed by atoms with Crippen molar-refractivity contribution in [3.05, 3.63) is 60.4 Å². The molecule has 0 aliphatic carbocycles. The zero-order valence-electron chi connectivity index (χ0n) is 18.0. The van der Waals surface area contributed by atoms with Crippen molar-refractivity contribution in [2.45, 2.75) is 19.4 Å². The van der Waals surface area contributed by atoms with Crippen molar-refractivity contribution >= 4 is 15.7 Å². The largest absolute Gasteiger partial charge is 0.352 e. The number of rotatable bonds is 8. The highest BCUT2D eigenvalue weighted by Gasteiger charge is 2.28. The van der Waals surface area contributed by atoms with E-state index in [0.717, 1.165) is 48.8 Å². The SMILES string of the molecule is CCS(=O)(=O)CCC(c1cn[nH]c1)N1CCN(c2nccnc2-c2ccc(F)cc2)CC1. The van der Waals surface area contributed by atoms with E-state index in [9.17, 15) is 12.8 Å². The van der Waals surface area contributed by atoms with Gasteiger partial charge < -0.3 is 4.90 Å². The minimum atomic E-state index is -3.05. The summed E-state index contributed by atoms with van der Waals surface area (Å²) in [6.45, 7) is 4.63. The maximum Gasteiger partial charge on any atom is 0.155 e. The molecule has 1 aliphatic heterocycles. The van der Waals surface area contributed by atoms with E-state index < -0.39 is 9.84 Å². The lowest BCUT2D eigenvalue weighted by Crippen LogP contribution is -2.48. The predicted octanol–water partition coefficient (Wildman–Crippen LogP) is 2.69. The molecule has 3 heterocycles. The van der Waals surface area contributed by atoms with Crippen LogP contribution in [0.5, 0.6) is 0 Å². The second kappa shape index (κ2) is 9.74. The highest BCUT2D eigenvalue weighted by atomic mass is 32.2. The van der Waals surface area contributed by atoms with Gasteiger partial charge in [-0.1, -0.05) is 6.92 Å². The molecule has 1 saturated heterocycles. The highest BCUT2D eigenvalue weighted by molar-refractivity contribution is 7.91. The Morgan fingerprint density at radius 2 is 1.81 bits per heavy atom. The number of nitrogens with zero attached hydrogens (tertiary/aromatic N) is 5. The van der Waals surface area contributed by atoms with Crippen LogP contribution in [0.1, 0.15) is 24.9 Å². The van der Waals surface area contributed by atoms with Gasteiger partial charge in [-0.15, -0.1) is 0 Å². The zero-order chi connectivity index (χ0) is 22.6. The van der Waals surface area contributed by atoms with Gasteiger partial charge in [0.1, 0.15) is 21.3 Å². The van der Waals surface area contributed by atoms with Gasteiger partial charge in [0, 0.05) is 67.7 Å². The van der Waals surface area contributed by atoms with E-state index >= 15 is 0 Å². The van der Waals surface area contributed by atoms with Gasteiger partial charge >= 0.3 is 0 Å². The summed E-state index contributed by atoms with van der Waals surface area (Å²) < 4.78 is 37.6. The van der Waals surface area contributed by atoms with Gasteiger partial charge in [-0.2, -0.15) is 5.10 Å². The topological polar surface area (TPSA) is 95.1 Å². The number of aromatic amines is 1. The van der Waals surface area contributed by atoms with Crippen LogP contribution in [-0.2, 0) is 9.84 Å². The van der Waals surface area contributed by atoms with Crippen LogP contribution in [0.15, 0.2) is 49.1 Å². The first-order valence-corrected chi connectivity index (χ1v) is 12.5. The lowest BCUT2D eigenvalue weighted by Gasteiger charge is -2.40. The van der Waals surface area contributed by atoms with Crippen molar-refractivity contribution in [2.24, 2.45) is 0 Å². The third-order valence-corrected chi connectivity index (χ3v) is 7.63. The van der Waals surface area contributed by atoms with Crippen molar-refractivity contribution in [2.75, 3.05) is 42.6 Å². The van der Waals surface area contributed by atoms with Crippen LogP contribution in [0.25, 0.3) is 11.3 Å². The molecule has 1 fully saturated rings. The van der Waals surface area contributed by atoms with Crippen molar-refractivity contribution in [3.8, 4) is 11.3 Å². The molecule has 4 rings (SSSR count). The third-order valence-electron chi connectivity index (χ3n) is 5.90. The number of piperazine rings is 1. The Bertz CT molecular complexity index is 1110. The van der Waals surface area contributed by atoms with Crippen molar-refractivity contribution in [1.29, 1.82) is 0 Å². The number of hydrogen-bond donors (Lipinski definition) is 1. The molecule has 8 nitrogen and oxygen atoms in total. The number of anilines is 1. The average Bonchev–Trinajstić information content (AvgIpc) is 3.35. The van der Waals surface area contributed by atoms with Gasteiger partial charge in [0.2, 0.25) is 0 Å². The Kier molecular flexibility index (Phi) is 6.80. The summed E-state index contributed by atoms with van der Waals surface area (Å²) in [4.78, 5) is 13.5. The maximum atomic E-state index is 13.4. The molecule has 3 aromatic rings. The Labute approximate surface area is 187 Å². The number of sulfone groups is 1. The summed E-state index contributed by atoms with van der Waals surface area (Å²) in [7, 11) is -3.05. The molecule has 1 aliphatic rings. The maximum absolute atomic E-state index is 13.4. The van der Waals surface area contributed by atoms with E-state index in [4.69, 9.17) is 0 Å². The minimum absolute atomic E-state index is 0.0179. The number of H-pyrrole nitrogens is 1. The second-order valence-electron chi connectivity index (χ2n) is 7.83. The van der Waals surface area contributed by atoms with Crippen LogP contribution < -0.4 is 4.90 Å². The minimum Gasteiger partial charge on any atom is -0.352 e. The Hall–Kier alpha value is -2.85. The van der Waals surface area contributed by atoms with E-state index in [1.165, 1.54) is 12.1 Å². The molecule has 10 heteroatoms. The van der Waals surface area contributed by atoms with Gasteiger partial charge in [0.05, 0.1) is 11.9 Å². The van der Waals surface area contributed by atoms with Gasteiger partial charge in [0.15, 0.2) is 5.82 Å². The number of nitrogens with one attached hydrogen (secondary N) is 1. The zero-order valence-corrected chi connectivity index (χ0v) is 18.8. The van der Waals surface area contributed by atoms with Crippen LogP contribution in [0.4, 0.5) is 10.2 Å². The lowest BCUT2D eigenvalue weighted by molar-refractivity contribution is 0.181. The molecule has 0 bridgehead atoms. The molecule has 170 valence electrons. The van der Waals surface area contributed by atoms with Crippen molar-refractivity contribution < 1.29 is 12.8 Å². The summed E-state index contributed by atoms with van der Waals surface area (Å²) >= 11 is 0. The fraction of sp³-hybridized carbons (Fsp3) is 0.409. The smallest absolute Gasteiger partial charge is 0.155 e. The first-order valence-electron chi connectivity index (χ1n) is 10.7. The number of halogens is 1. The van der Waals surface area contributed by atoms with Gasteiger partial charge in [-0.05, 0) is 30.7 Å². The molecule has 2 aromatic heterocycles. The predicted molar refractivity (Wildman–Crippen MR) is 121 cm³/mol. The first-order chi connectivity index (χ1) is 15.5. The molecular formula is C22H27FN6O2S. The number of benzene rings is 1. The molecule has 32 heavy (non-hydrogen) atoms. The molecule has 0 spiro atoms. The fourth-order valence-electron chi connectivity index (χ4n) is 4.06. The van der Waals surface area contributed by atoms with Crippen LogP contribution in [-0.4, -0.2) is 71.2 Å². The van der Waals surface area contributed by atoms with Gasteiger partial charge in [-0.3, -0.25) is 15.0 Å². The summed E-state index contributed by atoms with van der Waals surface area (Å²) in [5.41, 5.74) is 2.54. The summed E-state index contributed by atoms with van der Waals surface area (Å²) in [6.07, 6.45) is 7.44. The monoisotopic (exact) mass is 458 g/mol. The first kappa shape index (κ1) is 22.3. The normalized spacial score (nSPS) is 16.2. The Balaban J connectivity index is 1.49. The molecule has 0 radical (unpaired) electrons. The standard InChI is InChI=1S/C22H27FN6O2S/c1-2-32(30,31)14-7-20(18-15-26-27-16-18)28-10-12-29(13-11-28)22-21(24-8-9-25-22)17-3-5-19(23)6-4-17/h3-6,8-9,15-16,20H,2,7,10-14H2,1H3,(H,26,27). The van der Waals surface area contributed by atoms with Crippen LogP contribution >= 0.6 is 0 Å². The average molecular weight is 459 g/mol. The van der Waals surface area contributed by atoms with Crippen LogP contribution in [0.2, 0.25) is 0 Å².